The van der Waals surface area contributed by atoms with Gasteiger partial charge in [0.2, 0.25) is 17.7 Å². The second-order valence-electron chi connectivity index (χ2n) is 16.0. The van der Waals surface area contributed by atoms with E-state index in [2.05, 4.69) is 16.0 Å². The van der Waals surface area contributed by atoms with Crippen molar-refractivity contribution in [1.29, 1.82) is 0 Å². The lowest BCUT2D eigenvalue weighted by Crippen LogP contribution is -2.68. The van der Waals surface area contributed by atoms with Crippen LogP contribution in [0.5, 0.6) is 0 Å². The van der Waals surface area contributed by atoms with Crippen LogP contribution in [-0.2, 0) is 75.5 Å². The molecule has 29 nitrogen and oxygen atoms in total. The Balaban J connectivity index is 1.52. The first-order chi connectivity index (χ1) is 33.7. The van der Waals surface area contributed by atoms with Crippen LogP contribution < -0.4 is 16.0 Å². The Kier molecular flexibility index (Phi) is 27.1. The van der Waals surface area contributed by atoms with Crippen molar-refractivity contribution in [3.05, 3.63) is 24.3 Å². The zero-order chi connectivity index (χ0) is 52.8. The number of ether oxygens (including phenoxy) is 8. The van der Waals surface area contributed by atoms with Gasteiger partial charge in [-0.25, -0.2) is 4.57 Å². The van der Waals surface area contributed by atoms with Gasteiger partial charge in [0.25, 0.3) is 0 Å². The number of carbonyl (C=O) groups is 5. The van der Waals surface area contributed by atoms with Crippen LogP contribution in [0.2, 0.25) is 0 Å². The van der Waals surface area contributed by atoms with Gasteiger partial charge in [-0.15, -0.1) is 0 Å². The zero-order valence-corrected chi connectivity index (χ0v) is 40.1. The molecule has 13 N–H and O–H groups in total. The van der Waals surface area contributed by atoms with Gasteiger partial charge < -0.3 is 105 Å². The molecule has 0 aromatic heterocycles. The molecule has 3 saturated heterocycles. The molecule has 71 heavy (non-hydrogen) atoms. The fourth-order valence-corrected chi connectivity index (χ4v) is 7.66. The molecule has 0 aromatic carbocycles. The van der Waals surface area contributed by atoms with E-state index in [9.17, 15) is 79.4 Å². The molecule has 0 radical (unpaired) electrons. The second kappa shape index (κ2) is 31.2. The maximum atomic E-state index is 12.6. The number of hydrogen-bond donors (Lipinski definition) is 13. The molecule has 3 aliphatic rings. The Hall–Kier alpha value is -3.66. The van der Waals surface area contributed by atoms with Crippen LogP contribution >= 0.6 is 7.82 Å². The molecule has 3 fully saturated rings. The number of nitrogens with one attached hydrogen (secondary N) is 3. The lowest BCUT2D eigenvalue weighted by molar-refractivity contribution is -0.376. The maximum absolute atomic E-state index is 12.6. The first-order valence-corrected chi connectivity index (χ1v) is 24.1. The smallest absolute Gasteiger partial charge is 0.461 e. The molecule has 8 unspecified atom stereocenters. The van der Waals surface area contributed by atoms with Gasteiger partial charge in [-0.2, -0.15) is 0 Å². The number of amides is 3. The quantitative estimate of drug-likeness (QED) is 0.00830. The molecule has 0 saturated carbocycles. The maximum Gasteiger partial charge on any atom is 0.472 e. The summed E-state index contributed by atoms with van der Waals surface area (Å²) >= 11 is 0. The lowest BCUT2D eigenvalue weighted by atomic mass is 9.95. The number of hydrogen-bond acceptors (Lipinski definition) is 25. The Labute approximate surface area is 407 Å². The number of phosphoric ester groups is 1. The number of phosphoric acid groups is 1. The number of carbonyl (C=O) groups excluding carboxylic acids is 5. The Morgan fingerprint density at radius 1 is 0.648 bits per heavy atom. The van der Waals surface area contributed by atoms with Crippen LogP contribution in [0.15, 0.2) is 24.3 Å². The largest absolute Gasteiger partial charge is 0.472 e. The molecule has 0 aromatic rings. The summed E-state index contributed by atoms with van der Waals surface area (Å²) in [5.74, 6) is -3.91. The van der Waals surface area contributed by atoms with Gasteiger partial charge in [-0.05, 0) is 12.8 Å². The summed E-state index contributed by atoms with van der Waals surface area (Å²) in [4.78, 5) is 71.7. The van der Waals surface area contributed by atoms with Crippen LogP contribution in [0.25, 0.3) is 0 Å². The highest BCUT2D eigenvalue weighted by atomic mass is 31.2. The van der Waals surface area contributed by atoms with E-state index < -0.39 is 195 Å². The van der Waals surface area contributed by atoms with Crippen molar-refractivity contribution in [1.82, 2.24) is 16.0 Å². The fourth-order valence-electron chi connectivity index (χ4n) is 6.91. The Morgan fingerprint density at radius 3 is 1.82 bits per heavy atom. The monoisotopic (exact) mass is 1050 g/mol. The normalized spacial score (nSPS) is 32.4. The molecule has 3 amide bonds. The zero-order valence-electron chi connectivity index (χ0n) is 39.2. The van der Waals surface area contributed by atoms with Crippen LogP contribution in [0.1, 0.15) is 52.9 Å². The van der Waals surface area contributed by atoms with Crippen molar-refractivity contribution in [3.63, 3.8) is 0 Å². The van der Waals surface area contributed by atoms with Crippen LogP contribution in [-0.4, -0.2) is 232 Å². The summed E-state index contributed by atoms with van der Waals surface area (Å²) in [6.07, 6.45) is -19.2. The van der Waals surface area contributed by atoms with Gasteiger partial charge in [0.05, 0.1) is 45.9 Å². The van der Waals surface area contributed by atoms with E-state index in [0.29, 0.717) is 12.8 Å². The molecular weight excluding hydrogens is 981 g/mol. The van der Waals surface area contributed by atoms with E-state index in [-0.39, 0.29) is 12.8 Å². The average Bonchev–Trinajstić information content (AvgIpc) is 3.32. The average molecular weight is 1050 g/mol. The summed E-state index contributed by atoms with van der Waals surface area (Å²) in [7, 11) is -4.82. The summed E-state index contributed by atoms with van der Waals surface area (Å²) in [6, 6.07) is -1.53. The number of rotatable bonds is 29. The molecule has 0 aliphatic carbocycles. The summed E-state index contributed by atoms with van der Waals surface area (Å²) < 4.78 is 66.1. The second-order valence-corrected chi connectivity index (χ2v) is 17.5. The van der Waals surface area contributed by atoms with Crippen LogP contribution in [0.3, 0.4) is 0 Å². The molecule has 30 heteroatoms. The third kappa shape index (κ3) is 19.9. The highest BCUT2D eigenvalue weighted by molar-refractivity contribution is 7.47. The van der Waals surface area contributed by atoms with Crippen molar-refractivity contribution in [2.24, 2.45) is 0 Å². The number of allylic oxidation sites excluding steroid dienone is 2. The minimum Gasteiger partial charge on any atom is -0.461 e. The predicted molar refractivity (Wildman–Crippen MR) is 233 cm³/mol. The van der Waals surface area contributed by atoms with E-state index in [1.54, 1.807) is 24.3 Å². The Morgan fingerprint density at radius 2 is 1.21 bits per heavy atom. The minimum atomic E-state index is -4.82. The third-order valence-corrected chi connectivity index (χ3v) is 11.5. The van der Waals surface area contributed by atoms with Gasteiger partial charge >= 0.3 is 19.8 Å². The first kappa shape index (κ1) is 61.6. The highest BCUT2D eigenvalue weighted by Gasteiger charge is 2.54. The first-order valence-electron chi connectivity index (χ1n) is 22.6. The standard InChI is InChI=1S/C41H68N3O26P/c1-4-6-8-10-28(51)61-18-22(65-29(52)11-9-7-5-2)19-64-71(59,60)63-13-12-42-26(49)14-27(50)43-20-62-39-30(44-21(3)48)33(55)37(25(17-47)68-39)69-41-36(58)38(32(54)24(16-46)67-41)70-40-35(57)34(56)31(53)23(15-45)66-40/h6-9,22-25,30-41,45-47,53-58H,4-5,10-20H2,1-3H3,(H,42,49)(H,43,50)(H,44,48)(H,59,60)/b8-6-,9-7-/t22?,23?,24?,25?,30?,31-,32-,33+,34-,35?,36?,37+,38-,39+,40-,41-/m0/s1. The number of aliphatic hydroxyl groups excluding tert-OH is 9. The number of esters is 2. The summed E-state index contributed by atoms with van der Waals surface area (Å²) in [5.41, 5.74) is 0. The minimum absolute atomic E-state index is 0.0561. The van der Waals surface area contributed by atoms with Crippen molar-refractivity contribution in [3.8, 4) is 0 Å². The van der Waals surface area contributed by atoms with Crippen molar-refractivity contribution in [2.45, 2.75) is 151 Å². The van der Waals surface area contributed by atoms with Crippen molar-refractivity contribution < 1.29 is 126 Å². The summed E-state index contributed by atoms with van der Waals surface area (Å²) in [5, 5.41) is 101. The SMILES string of the molecule is CC/C=C\CC(=O)OCC(COP(=O)(O)OCCNC(=O)CC(=O)NCO[C@@H]1OC(CO)[C@@H](O[C@@H]2OC(CO)[C@H](O)[C@H](O[C@@H]3OC(CO)[C@H](O)[C@H](O)C3O)C2O)[C@H](O)C1NC(C)=O)OC(=O)C/C=C\CC. The van der Waals surface area contributed by atoms with E-state index >= 15 is 0 Å². The molecule has 17 atom stereocenters. The molecule has 3 aliphatic heterocycles. The number of aliphatic hydroxyl groups is 9. The summed E-state index contributed by atoms with van der Waals surface area (Å²) in [6.45, 7) is -0.757. The van der Waals surface area contributed by atoms with E-state index in [1.807, 2.05) is 13.8 Å². The third-order valence-electron chi connectivity index (χ3n) is 10.5. The molecule has 408 valence electrons. The van der Waals surface area contributed by atoms with E-state index in [0.717, 1.165) is 6.92 Å². The van der Waals surface area contributed by atoms with Gasteiger partial charge in [0.15, 0.2) is 25.0 Å². The molecule has 0 spiro atoms. The predicted octanol–water partition coefficient (Wildman–Crippen LogP) is -5.52. The van der Waals surface area contributed by atoms with E-state index in [4.69, 9.17) is 46.9 Å². The van der Waals surface area contributed by atoms with Crippen LogP contribution in [0.4, 0.5) is 0 Å². The van der Waals surface area contributed by atoms with Gasteiger partial charge in [0, 0.05) is 13.5 Å². The topological polar surface area (TPSA) is 433 Å². The highest BCUT2D eigenvalue weighted by Crippen LogP contribution is 2.43. The van der Waals surface area contributed by atoms with Crippen molar-refractivity contribution in [2.75, 3.05) is 52.9 Å². The van der Waals surface area contributed by atoms with Crippen LogP contribution in [0, 0.1) is 0 Å². The van der Waals surface area contributed by atoms with Gasteiger partial charge in [0.1, 0.15) is 92.9 Å². The van der Waals surface area contributed by atoms with Crippen molar-refractivity contribution >= 4 is 37.5 Å². The molecular formula is C41H68N3O26P. The Bertz CT molecular complexity index is 1780. The molecule has 3 heterocycles. The van der Waals surface area contributed by atoms with E-state index in [1.165, 1.54) is 0 Å². The fraction of sp³-hybridized carbons (Fsp3) is 0.780. The molecule has 3 rings (SSSR count). The van der Waals surface area contributed by atoms with Gasteiger partial charge in [-0.1, -0.05) is 38.2 Å². The van der Waals surface area contributed by atoms with Gasteiger partial charge in [-0.3, -0.25) is 33.0 Å². The molecule has 0 bridgehead atoms. The lowest BCUT2D eigenvalue weighted by Gasteiger charge is -2.48.